The molecule has 0 spiro atoms. The average molecular weight is 224 g/mol. The van der Waals surface area contributed by atoms with Crippen molar-refractivity contribution in [1.82, 2.24) is 10.3 Å². The zero-order chi connectivity index (χ0) is 12.0. The van der Waals surface area contributed by atoms with E-state index in [1.807, 2.05) is 0 Å². The van der Waals surface area contributed by atoms with Gasteiger partial charge < -0.3 is 21.2 Å². The summed E-state index contributed by atoms with van der Waals surface area (Å²) in [7, 11) is 0. The third-order valence-electron chi connectivity index (χ3n) is 1.80. The molecule has 7 nitrogen and oxygen atoms in total. The van der Waals surface area contributed by atoms with E-state index < -0.39 is 10.8 Å². The Morgan fingerprint density at radius 2 is 2.31 bits per heavy atom. The minimum atomic E-state index is -0.592. The van der Waals surface area contributed by atoms with Crippen LogP contribution in [0.25, 0.3) is 0 Å². The van der Waals surface area contributed by atoms with Crippen molar-refractivity contribution in [3.8, 4) is 0 Å². The van der Waals surface area contributed by atoms with Crippen molar-refractivity contribution in [2.24, 2.45) is 5.73 Å². The second kappa shape index (κ2) is 5.66. The summed E-state index contributed by atoms with van der Waals surface area (Å²) in [6.45, 7) is 0.743. The number of aromatic nitrogens is 1. The Hall–Kier alpha value is -2.15. The van der Waals surface area contributed by atoms with Crippen molar-refractivity contribution in [2.75, 3.05) is 13.1 Å². The molecule has 0 unspecified atom stereocenters. The summed E-state index contributed by atoms with van der Waals surface area (Å²) in [5, 5.41) is 12.9. The molecular formula is C9H12N4O3. The summed E-state index contributed by atoms with van der Waals surface area (Å²) < 4.78 is 0. The van der Waals surface area contributed by atoms with Gasteiger partial charge in [0.05, 0.1) is 0 Å². The van der Waals surface area contributed by atoms with E-state index in [9.17, 15) is 14.9 Å². The molecular weight excluding hydrogens is 212 g/mol. The number of nitrogens with two attached hydrogens (primary N) is 1. The summed E-state index contributed by atoms with van der Waals surface area (Å²) >= 11 is 0. The van der Waals surface area contributed by atoms with Gasteiger partial charge in [0.1, 0.15) is 0 Å². The van der Waals surface area contributed by atoms with Crippen LogP contribution in [0.5, 0.6) is 0 Å². The molecule has 0 atom stereocenters. The van der Waals surface area contributed by atoms with Crippen LogP contribution in [0.1, 0.15) is 10.5 Å². The third kappa shape index (κ3) is 3.21. The Morgan fingerprint density at radius 3 is 2.88 bits per heavy atom. The Labute approximate surface area is 91.5 Å². The minimum Gasteiger partial charge on any atom is -0.358 e. The van der Waals surface area contributed by atoms with Crippen molar-refractivity contribution < 1.29 is 9.72 Å². The fourth-order valence-corrected chi connectivity index (χ4v) is 1.05. The molecule has 0 aromatic carbocycles. The van der Waals surface area contributed by atoms with Gasteiger partial charge >= 0.3 is 5.82 Å². The molecule has 0 aliphatic carbocycles. The van der Waals surface area contributed by atoms with E-state index in [1.54, 1.807) is 12.2 Å². The van der Waals surface area contributed by atoms with Crippen LogP contribution >= 0.6 is 0 Å². The number of hydrogen-bond donors (Lipinski definition) is 3. The van der Waals surface area contributed by atoms with Gasteiger partial charge in [0.15, 0.2) is 5.69 Å². The highest BCUT2D eigenvalue weighted by Crippen LogP contribution is 2.09. The Bertz CT molecular complexity index is 411. The van der Waals surface area contributed by atoms with Crippen LogP contribution in [0.4, 0.5) is 5.82 Å². The summed E-state index contributed by atoms with van der Waals surface area (Å²) in [4.78, 5) is 23.6. The molecule has 1 aromatic rings. The number of rotatable bonds is 5. The topological polar surface area (TPSA) is 114 Å². The number of nitrogens with one attached hydrogen (secondary N) is 2. The van der Waals surface area contributed by atoms with Crippen LogP contribution in [0.3, 0.4) is 0 Å². The Morgan fingerprint density at radius 1 is 1.56 bits per heavy atom. The maximum absolute atomic E-state index is 11.4. The maximum Gasteiger partial charge on any atom is 0.321 e. The van der Waals surface area contributed by atoms with Gasteiger partial charge in [-0.25, -0.2) is 4.98 Å². The van der Waals surface area contributed by atoms with Gasteiger partial charge in [-0.1, -0.05) is 12.2 Å². The number of nitro groups is 1. The predicted octanol–water partition coefficient (Wildman–Crippen LogP) is 0.168. The second-order valence-electron chi connectivity index (χ2n) is 2.93. The second-order valence-corrected chi connectivity index (χ2v) is 2.93. The number of amides is 1. The molecule has 0 saturated carbocycles. The van der Waals surface area contributed by atoms with Gasteiger partial charge in [-0.2, -0.15) is 0 Å². The predicted molar refractivity (Wildman–Crippen MR) is 58.0 cm³/mol. The highest BCUT2D eigenvalue weighted by atomic mass is 16.6. The molecule has 1 rings (SSSR count). The van der Waals surface area contributed by atoms with Gasteiger partial charge in [0.2, 0.25) is 0 Å². The molecule has 1 aromatic heterocycles. The molecule has 7 heteroatoms. The number of carbonyl (C=O) groups is 1. The first kappa shape index (κ1) is 11.9. The lowest BCUT2D eigenvalue weighted by Gasteiger charge is -1.96. The fourth-order valence-electron chi connectivity index (χ4n) is 1.05. The van der Waals surface area contributed by atoms with Crippen LogP contribution in [0.15, 0.2) is 24.3 Å². The highest BCUT2D eigenvalue weighted by molar-refractivity contribution is 5.92. The fraction of sp³-hybridized carbons (Fsp3) is 0.222. The molecule has 16 heavy (non-hydrogen) atoms. The van der Waals surface area contributed by atoms with Crippen LogP contribution in [-0.4, -0.2) is 28.9 Å². The third-order valence-corrected chi connectivity index (χ3v) is 1.80. The van der Waals surface area contributed by atoms with E-state index >= 15 is 0 Å². The molecule has 0 bridgehead atoms. The van der Waals surface area contributed by atoms with E-state index in [0.29, 0.717) is 13.1 Å². The van der Waals surface area contributed by atoms with Gasteiger partial charge in [0, 0.05) is 19.2 Å². The summed E-state index contributed by atoms with van der Waals surface area (Å²) in [6.07, 6.45) is 3.41. The van der Waals surface area contributed by atoms with Crippen molar-refractivity contribution >= 4 is 11.7 Å². The number of aromatic amines is 1. The molecule has 1 heterocycles. The van der Waals surface area contributed by atoms with E-state index in [1.165, 1.54) is 12.1 Å². The van der Waals surface area contributed by atoms with E-state index in [4.69, 9.17) is 5.73 Å². The standard InChI is InChI=1S/C9H12N4O3/c10-5-1-2-6-11-9(14)7-3-4-8(12-7)13(15)16/h1-4,12H,5-6,10H2,(H,11,14)/b2-1+. The van der Waals surface area contributed by atoms with Gasteiger partial charge in [0.25, 0.3) is 5.91 Å². The monoisotopic (exact) mass is 224 g/mol. The van der Waals surface area contributed by atoms with Gasteiger partial charge in [-0.3, -0.25) is 4.79 Å². The molecule has 0 radical (unpaired) electrons. The average Bonchev–Trinajstić information content (AvgIpc) is 2.73. The van der Waals surface area contributed by atoms with E-state index in [2.05, 4.69) is 10.3 Å². The maximum atomic E-state index is 11.4. The lowest BCUT2D eigenvalue weighted by Crippen LogP contribution is -2.23. The van der Waals surface area contributed by atoms with Crippen molar-refractivity contribution in [2.45, 2.75) is 0 Å². The van der Waals surface area contributed by atoms with E-state index in [0.717, 1.165) is 0 Å². The SMILES string of the molecule is NC/C=C/CNC(=O)c1ccc([N+](=O)[O-])[nH]1. The number of hydrogen-bond acceptors (Lipinski definition) is 4. The summed E-state index contributed by atoms with van der Waals surface area (Å²) in [5.74, 6) is -0.600. The molecule has 0 fully saturated rings. The zero-order valence-corrected chi connectivity index (χ0v) is 8.47. The zero-order valence-electron chi connectivity index (χ0n) is 8.47. The number of H-pyrrole nitrogens is 1. The largest absolute Gasteiger partial charge is 0.358 e. The van der Waals surface area contributed by atoms with Crippen LogP contribution < -0.4 is 11.1 Å². The summed E-state index contributed by atoms with van der Waals surface area (Å²) in [6, 6.07) is 2.60. The van der Waals surface area contributed by atoms with Crippen LogP contribution in [0, 0.1) is 10.1 Å². The molecule has 1 amide bonds. The normalized spacial score (nSPS) is 10.6. The minimum absolute atomic E-state index is 0.160. The smallest absolute Gasteiger partial charge is 0.321 e. The lowest BCUT2D eigenvalue weighted by molar-refractivity contribution is -0.389. The molecule has 86 valence electrons. The first-order valence-electron chi connectivity index (χ1n) is 4.62. The molecule has 0 aliphatic rings. The van der Waals surface area contributed by atoms with Crippen molar-refractivity contribution in [3.63, 3.8) is 0 Å². The van der Waals surface area contributed by atoms with Crippen molar-refractivity contribution in [3.05, 3.63) is 40.1 Å². The molecule has 0 aliphatic heterocycles. The quantitative estimate of drug-likeness (QED) is 0.375. The Kier molecular flexibility index (Phi) is 4.22. The summed E-state index contributed by atoms with van der Waals surface area (Å²) in [5.41, 5.74) is 5.37. The number of carbonyl (C=O) groups excluding carboxylic acids is 1. The highest BCUT2D eigenvalue weighted by Gasteiger charge is 2.13. The molecule has 4 N–H and O–H groups in total. The first-order chi connectivity index (χ1) is 7.65. The van der Waals surface area contributed by atoms with Gasteiger partial charge in [-0.15, -0.1) is 0 Å². The van der Waals surface area contributed by atoms with Crippen molar-refractivity contribution in [1.29, 1.82) is 0 Å². The molecule has 0 saturated heterocycles. The van der Waals surface area contributed by atoms with Crippen LogP contribution in [-0.2, 0) is 0 Å². The lowest BCUT2D eigenvalue weighted by atomic mass is 10.4. The van der Waals surface area contributed by atoms with E-state index in [-0.39, 0.29) is 11.5 Å². The van der Waals surface area contributed by atoms with Crippen LogP contribution in [0.2, 0.25) is 0 Å². The first-order valence-corrected chi connectivity index (χ1v) is 4.62. The van der Waals surface area contributed by atoms with Gasteiger partial charge in [-0.05, 0) is 11.0 Å². The number of nitrogens with zero attached hydrogens (tertiary/aromatic N) is 1. The Balaban J connectivity index is 2.53.